The molecule has 0 saturated heterocycles. The number of hydrogen-bond acceptors (Lipinski definition) is 5. The van der Waals surface area contributed by atoms with Crippen LogP contribution < -0.4 is 5.69 Å². The van der Waals surface area contributed by atoms with Crippen LogP contribution in [0.2, 0.25) is 0 Å². The molecule has 3 heterocycles. The molecule has 3 aromatic heterocycles. The van der Waals surface area contributed by atoms with E-state index in [2.05, 4.69) is 44.7 Å². The highest BCUT2D eigenvalue weighted by Gasteiger charge is 2.17. The second-order valence-electron chi connectivity index (χ2n) is 8.18. The molecule has 8 nitrogen and oxygen atoms in total. The van der Waals surface area contributed by atoms with Crippen molar-refractivity contribution < 1.29 is 0 Å². The Labute approximate surface area is 196 Å². The van der Waals surface area contributed by atoms with Crippen molar-refractivity contribution in [1.82, 2.24) is 34.7 Å². The fourth-order valence-electron chi connectivity index (χ4n) is 4.26. The molecular weight excluding hydrogens is 426 g/mol. The van der Waals surface area contributed by atoms with Crippen molar-refractivity contribution in [1.29, 1.82) is 0 Å². The molecular formula is C26H25N7O. The van der Waals surface area contributed by atoms with Gasteiger partial charge < -0.3 is 0 Å². The monoisotopic (exact) mass is 451 g/mol. The zero-order chi connectivity index (χ0) is 23.3. The summed E-state index contributed by atoms with van der Waals surface area (Å²) in [5.41, 5.74) is 4.71. The molecule has 5 aromatic rings. The van der Waals surface area contributed by atoms with Crippen molar-refractivity contribution in [2.75, 3.05) is 0 Å². The molecule has 0 amide bonds. The number of H-pyrrole nitrogens is 1. The van der Waals surface area contributed by atoms with E-state index in [-0.39, 0.29) is 11.7 Å². The highest BCUT2D eigenvalue weighted by Crippen LogP contribution is 2.28. The molecule has 5 rings (SSSR count). The average Bonchev–Trinajstić information content (AvgIpc) is 3.55. The van der Waals surface area contributed by atoms with Gasteiger partial charge in [0.1, 0.15) is 0 Å². The number of pyridine rings is 1. The first kappa shape index (κ1) is 21.5. The van der Waals surface area contributed by atoms with E-state index in [4.69, 9.17) is 0 Å². The van der Waals surface area contributed by atoms with Crippen LogP contribution in [0.1, 0.15) is 36.9 Å². The van der Waals surface area contributed by atoms with Crippen LogP contribution in [0.15, 0.2) is 90.1 Å². The molecule has 0 aliphatic carbocycles. The lowest BCUT2D eigenvalue weighted by Crippen LogP contribution is -2.28. The van der Waals surface area contributed by atoms with Gasteiger partial charge in [-0.1, -0.05) is 74.0 Å². The molecule has 170 valence electrons. The van der Waals surface area contributed by atoms with Gasteiger partial charge in [0, 0.05) is 29.7 Å². The van der Waals surface area contributed by atoms with Crippen LogP contribution in [0.4, 0.5) is 0 Å². The summed E-state index contributed by atoms with van der Waals surface area (Å²) < 4.78 is 3.57. The molecule has 0 spiro atoms. The molecule has 0 radical (unpaired) electrons. The minimum Gasteiger partial charge on any atom is -0.295 e. The van der Waals surface area contributed by atoms with E-state index < -0.39 is 0 Å². The molecule has 1 N–H and O–H groups in total. The van der Waals surface area contributed by atoms with Crippen molar-refractivity contribution in [3.8, 4) is 22.6 Å². The second-order valence-corrected chi connectivity index (χ2v) is 8.18. The van der Waals surface area contributed by atoms with Gasteiger partial charge >= 0.3 is 5.69 Å². The standard InChI is InChI=1S/C26H25N7O/c1-2-8-24(20-9-4-3-5-10-20)33-16-15-32(26(33)34)18-19-13-14-23(27-17-19)21-11-6-7-12-22(21)25-28-30-31-29-25/h3-7,9-17,24H,2,8,18H2,1H3,(H,28,29,30,31). The molecule has 0 aliphatic rings. The molecule has 0 bridgehead atoms. The predicted molar refractivity (Wildman–Crippen MR) is 130 cm³/mol. The van der Waals surface area contributed by atoms with E-state index in [0.717, 1.165) is 40.8 Å². The Bertz CT molecular complexity index is 1400. The lowest BCUT2D eigenvalue weighted by atomic mass is 10.0. The van der Waals surface area contributed by atoms with Crippen molar-refractivity contribution in [3.63, 3.8) is 0 Å². The number of rotatable bonds is 8. The van der Waals surface area contributed by atoms with Crippen LogP contribution in [0.25, 0.3) is 22.6 Å². The lowest BCUT2D eigenvalue weighted by molar-refractivity contribution is 0.509. The van der Waals surface area contributed by atoms with Gasteiger partial charge in [-0.3, -0.25) is 14.1 Å². The molecule has 2 aromatic carbocycles. The summed E-state index contributed by atoms with van der Waals surface area (Å²) in [4.78, 5) is 17.9. The second kappa shape index (κ2) is 9.66. The van der Waals surface area contributed by atoms with E-state index in [1.54, 1.807) is 4.57 Å². The molecule has 8 heteroatoms. The van der Waals surface area contributed by atoms with Crippen molar-refractivity contribution >= 4 is 0 Å². The molecule has 0 saturated carbocycles. The molecule has 34 heavy (non-hydrogen) atoms. The third kappa shape index (κ3) is 4.30. The van der Waals surface area contributed by atoms with E-state index in [1.165, 1.54) is 0 Å². The number of nitrogens with one attached hydrogen (secondary N) is 1. The van der Waals surface area contributed by atoms with Gasteiger partial charge in [0.05, 0.1) is 18.3 Å². The summed E-state index contributed by atoms with van der Waals surface area (Å²) >= 11 is 0. The maximum Gasteiger partial charge on any atom is 0.329 e. The number of benzene rings is 2. The van der Waals surface area contributed by atoms with E-state index in [0.29, 0.717) is 12.4 Å². The van der Waals surface area contributed by atoms with Crippen LogP contribution in [0.3, 0.4) is 0 Å². The Morgan fingerprint density at radius 2 is 1.74 bits per heavy atom. The third-order valence-electron chi connectivity index (χ3n) is 5.94. The number of aromatic nitrogens is 7. The van der Waals surface area contributed by atoms with Gasteiger partial charge in [0.15, 0.2) is 5.82 Å². The smallest absolute Gasteiger partial charge is 0.295 e. The minimum absolute atomic E-state index is 0.0189. The molecule has 1 unspecified atom stereocenters. The van der Waals surface area contributed by atoms with Crippen LogP contribution in [0.5, 0.6) is 0 Å². The van der Waals surface area contributed by atoms with Gasteiger partial charge in [-0.05, 0) is 34.0 Å². The zero-order valence-corrected chi connectivity index (χ0v) is 18.9. The van der Waals surface area contributed by atoms with Gasteiger partial charge in [0.25, 0.3) is 0 Å². The fourth-order valence-corrected chi connectivity index (χ4v) is 4.26. The highest BCUT2D eigenvalue weighted by molar-refractivity contribution is 5.78. The summed E-state index contributed by atoms with van der Waals surface area (Å²) in [6.45, 7) is 2.60. The summed E-state index contributed by atoms with van der Waals surface area (Å²) in [7, 11) is 0. The summed E-state index contributed by atoms with van der Waals surface area (Å²) in [5.74, 6) is 0.592. The first-order chi connectivity index (χ1) is 16.7. The Morgan fingerprint density at radius 3 is 2.44 bits per heavy atom. The predicted octanol–water partition coefficient (Wildman–Crippen LogP) is 4.33. The normalized spacial score (nSPS) is 12.0. The fraction of sp³-hybridized carbons (Fsp3) is 0.192. The first-order valence-electron chi connectivity index (χ1n) is 11.3. The first-order valence-corrected chi connectivity index (χ1v) is 11.3. The van der Waals surface area contributed by atoms with Gasteiger partial charge in [-0.15, -0.1) is 5.10 Å². The number of tetrazole rings is 1. The quantitative estimate of drug-likeness (QED) is 0.379. The topological polar surface area (TPSA) is 94.3 Å². The average molecular weight is 452 g/mol. The van der Waals surface area contributed by atoms with Crippen LogP contribution in [-0.2, 0) is 6.54 Å². The maximum absolute atomic E-state index is 13.2. The summed E-state index contributed by atoms with van der Waals surface area (Å²) in [6.07, 6.45) is 7.46. The van der Waals surface area contributed by atoms with Crippen molar-refractivity contribution in [2.45, 2.75) is 32.4 Å². The molecule has 0 fully saturated rings. The largest absolute Gasteiger partial charge is 0.329 e. The Balaban J connectivity index is 1.39. The zero-order valence-electron chi connectivity index (χ0n) is 18.9. The number of imidazole rings is 1. The van der Waals surface area contributed by atoms with Gasteiger partial charge in [0.2, 0.25) is 0 Å². The van der Waals surface area contributed by atoms with Crippen molar-refractivity contribution in [2.24, 2.45) is 0 Å². The summed E-state index contributed by atoms with van der Waals surface area (Å²) in [6, 6.07) is 22.0. The Kier molecular flexibility index (Phi) is 6.11. The Hall–Kier alpha value is -4.33. The third-order valence-corrected chi connectivity index (χ3v) is 5.94. The lowest BCUT2D eigenvalue weighted by Gasteiger charge is -2.17. The van der Waals surface area contributed by atoms with Crippen LogP contribution in [-0.4, -0.2) is 34.7 Å². The number of hydrogen-bond donors (Lipinski definition) is 1. The van der Waals surface area contributed by atoms with Crippen LogP contribution >= 0.6 is 0 Å². The van der Waals surface area contributed by atoms with E-state index >= 15 is 0 Å². The van der Waals surface area contributed by atoms with E-state index in [1.807, 2.05) is 77.8 Å². The SMILES string of the molecule is CCCC(c1ccccc1)n1ccn(Cc2ccc(-c3ccccc3-c3nnn[nH]3)nc2)c1=O. The van der Waals surface area contributed by atoms with E-state index in [9.17, 15) is 4.79 Å². The summed E-state index contributed by atoms with van der Waals surface area (Å²) in [5, 5.41) is 14.2. The van der Waals surface area contributed by atoms with Crippen molar-refractivity contribution in [3.05, 3.63) is 107 Å². The molecule has 0 aliphatic heterocycles. The Morgan fingerprint density at radius 1 is 0.941 bits per heavy atom. The van der Waals surface area contributed by atoms with Gasteiger partial charge in [-0.25, -0.2) is 9.89 Å². The number of aromatic amines is 1. The number of nitrogens with zero attached hydrogens (tertiary/aromatic N) is 6. The van der Waals surface area contributed by atoms with Gasteiger partial charge in [-0.2, -0.15) is 0 Å². The highest BCUT2D eigenvalue weighted by atomic mass is 16.1. The molecule has 1 atom stereocenters. The van der Waals surface area contributed by atoms with Crippen LogP contribution in [0, 0.1) is 0 Å². The maximum atomic E-state index is 13.2. The minimum atomic E-state index is -0.0189.